The summed E-state index contributed by atoms with van der Waals surface area (Å²) in [6.45, 7) is 0.972. The zero-order chi connectivity index (χ0) is 22.2. The molecule has 3 rings (SSSR count). The molecule has 0 aliphatic heterocycles. The van der Waals surface area contributed by atoms with Crippen LogP contribution in [-0.2, 0) is 9.53 Å². The summed E-state index contributed by atoms with van der Waals surface area (Å²) < 4.78 is 5.07. The molecule has 2 N–H and O–H groups in total. The van der Waals surface area contributed by atoms with Gasteiger partial charge in [0, 0.05) is 29.4 Å². The van der Waals surface area contributed by atoms with Crippen LogP contribution in [0.5, 0.6) is 0 Å². The molecule has 2 amide bonds. The summed E-state index contributed by atoms with van der Waals surface area (Å²) in [5.41, 5.74) is 2.24. The monoisotopic (exact) mass is 416 g/mol. The smallest absolute Gasteiger partial charge is 0.338 e. The van der Waals surface area contributed by atoms with E-state index in [1.165, 1.54) is 19.1 Å². The molecule has 31 heavy (non-hydrogen) atoms. The third-order valence-electron chi connectivity index (χ3n) is 4.28. The van der Waals surface area contributed by atoms with E-state index in [-0.39, 0.29) is 23.2 Å². The Bertz CT molecular complexity index is 1090. The van der Waals surface area contributed by atoms with Crippen LogP contribution in [0.15, 0.2) is 78.9 Å². The number of ether oxygens (including phenoxy) is 1. The number of Topliss-reactive ketones (excluding diaryl/α,β-unsaturated/α-hetero) is 1. The maximum Gasteiger partial charge on any atom is 0.338 e. The highest BCUT2D eigenvalue weighted by Crippen LogP contribution is 2.13. The second-order valence-electron chi connectivity index (χ2n) is 6.66. The Kier molecular flexibility index (Phi) is 6.90. The fraction of sp³-hybridized carbons (Fsp3) is 0.0833. The van der Waals surface area contributed by atoms with Crippen LogP contribution in [-0.4, -0.2) is 30.2 Å². The second kappa shape index (κ2) is 9.98. The molecule has 0 radical (unpaired) electrons. The minimum absolute atomic E-state index is 0.216. The standard InChI is InChI=1S/C24H20N2O5/c1-16(27)25-20-13-9-19(10-14-20)24(30)31-15-22(28)17-7-11-21(12-8-17)26-23(29)18-5-3-2-4-6-18/h2-14H,15H2,1H3,(H,25,27)(H,26,29). The van der Waals surface area contributed by atoms with Crippen LogP contribution in [0.1, 0.15) is 38.0 Å². The third kappa shape index (κ3) is 6.11. The summed E-state index contributed by atoms with van der Waals surface area (Å²) in [5.74, 6) is -1.48. The lowest BCUT2D eigenvalue weighted by molar-refractivity contribution is -0.114. The van der Waals surface area contributed by atoms with E-state index < -0.39 is 12.6 Å². The number of esters is 1. The Morgan fingerprint density at radius 1 is 0.677 bits per heavy atom. The van der Waals surface area contributed by atoms with Gasteiger partial charge in [0.1, 0.15) is 0 Å². The number of benzene rings is 3. The van der Waals surface area contributed by atoms with E-state index in [0.717, 1.165) is 0 Å². The van der Waals surface area contributed by atoms with Crippen molar-refractivity contribution in [1.82, 2.24) is 0 Å². The zero-order valence-corrected chi connectivity index (χ0v) is 16.8. The normalized spacial score (nSPS) is 10.1. The van der Waals surface area contributed by atoms with Crippen LogP contribution in [0.3, 0.4) is 0 Å². The molecule has 7 nitrogen and oxygen atoms in total. The van der Waals surface area contributed by atoms with Gasteiger partial charge in [-0.05, 0) is 60.7 Å². The maximum atomic E-state index is 12.3. The number of carbonyl (C=O) groups is 4. The highest BCUT2D eigenvalue weighted by molar-refractivity contribution is 6.05. The van der Waals surface area contributed by atoms with Gasteiger partial charge in [0.15, 0.2) is 12.4 Å². The number of anilines is 2. The van der Waals surface area contributed by atoms with Gasteiger partial charge < -0.3 is 15.4 Å². The molecule has 0 aliphatic carbocycles. The van der Waals surface area contributed by atoms with Crippen LogP contribution in [0.25, 0.3) is 0 Å². The lowest BCUT2D eigenvalue weighted by Gasteiger charge is -2.08. The molecule has 0 atom stereocenters. The van der Waals surface area contributed by atoms with Crippen molar-refractivity contribution in [2.75, 3.05) is 17.2 Å². The van der Waals surface area contributed by atoms with Crippen LogP contribution >= 0.6 is 0 Å². The first-order valence-corrected chi connectivity index (χ1v) is 9.47. The van der Waals surface area contributed by atoms with E-state index in [0.29, 0.717) is 22.5 Å². The quantitative estimate of drug-likeness (QED) is 0.449. The topological polar surface area (TPSA) is 102 Å². The summed E-state index contributed by atoms with van der Waals surface area (Å²) in [5, 5.41) is 5.35. The lowest BCUT2D eigenvalue weighted by atomic mass is 10.1. The molecule has 0 aromatic heterocycles. The van der Waals surface area contributed by atoms with Gasteiger partial charge in [0.05, 0.1) is 5.56 Å². The SMILES string of the molecule is CC(=O)Nc1ccc(C(=O)OCC(=O)c2ccc(NC(=O)c3ccccc3)cc2)cc1. The summed E-state index contributed by atoms with van der Waals surface area (Å²) >= 11 is 0. The van der Waals surface area contributed by atoms with Gasteiger partial charge in [-0.25, -0.2) is 4.79 Å². The van der Waals surface area contributed by atoms with Crippen molar-refractivity contribution in [3.8, 4) is 0 Å². The molecule has 0 heterocycles. The molecule has 0 spiro atoms. The van der Waals surface area contributed by atoms with E-state index in [1.807, 2.05) is 6.07 Å². The molecule has 0 saturated carbocycles. The van der Waals surface area contributed by atoms with Crippen LogP contribution in [0, 0.1) is 0 Å². The van der Waals surface area contributed by atoms with Crippen LogP contribution < -0.4 is 10.6 Å². The van der Waals surface area contributed by atoms with Gasteiger partial charge in [0.2, 0.25) is 5.91 Å². The fourth-order valence-electron chi connectivity index (χ4n) is 2.72. The van der Waals surface area contributed by atoms with Gasteiger partial charge in [-0.2, -0.15) is 0 Å². The number of rotatable bonds is 7. The number of carbonyl (C=O) groups excluding carboxylic acids is 4. The first kappa shape index (κ1) is 21.4. The predicted molar refractivity (Wildman–Crippen MR) is 116 cm³/mol. The van der Waals surface area contributed by atoms with Crippen molar-refractivity contribution in [1.29, 1.82) is 0 Å². The number of nitrogens with one attached hydrogen (secondary N) is 2. The van der Waals surface area contributed by atoms with Crippen molar-refractivity contribution in [2.45, 2.75) is 6.92 Å². The maximum absolute atomic E-state index is 12.3. The van der Waals surface area contributed by atoms with E-state index >= 15 is 0 Å². The van der Waals surface area contributed by atoms with Gasteiger partial charge in [0.25, 0.3) is 5.91 Å². The molecule has 0 unspecified atom stereocenters. The summed E-state index contributed by atoms with van der Waals surface area (Å²) in [4.78, 5) is 47.6. The average molecular weight is 416 g/mol. The van der Waals surface area contributed by atoms with E-state index in [4.69, 9.17) is 4.74 Å². The summed E-state index contributed by atoms with van der Waals surface area (Å²) in [7, 11) is 0. The summed E-state index contributed by atoms with van der Waals surface area (Å²) in [6, 6.07) is 21.2. The summed E-state index contributed by atoms with van der Waals surface area (Å²) in [6.07, 6.45) is 0. The molecule has 0 bridgehead atoms. The third-order valence-corrected chi connectivity index (χ3v) is 4.28. The molecule has 3 aromatic carbocycles. The predicted octanol–water partition coefficient (Wildman–Crippen LogP) is 3.94. The van der Waals surface area contributed by atoms with E-state index in [1.54, 1.807) is 60.7 Å². The van der Waals surface area contributed by atoms with Crippen LogP contribution in [0.2, 0.25) is 0 Å². The van der Waals surface area contributed by atoms with Gasteiger partial charge in [-0.3, -0.25) is 14.4 Å². The fourth-order valence-corrected chi connectivity index (χ4v) is 2.72. The Morgan fingerprint density at radius 2 is 1.23 bits per heavy atom. The van der Waals surface area contributed by atoms with Gasteiger partial charge in [-0.1, -0.05) is 18.2 Å². The van der Waals surface area contributed by atoms with Crippen molar-refractivity contribution < 1.29 is 23.9 Å². The second-order valence-corrected chi connectivity index (χ2v) is 6.66. The molecule has 7 heteroatoms. The van der Waals surface area contributed by atoms with Gasteiger partial charge >= 0.3 is 5.97 Å². The zero-order valence-electron chi connectivity index (χ0n) is 16.8. The van der Waals surface area contributed by atoms with Gasteiger partial charge in [-0.15, -0.1) is 0 Å². The minimum atomic E-state index is -0.644. The Hall–Kier alpha value is -4.26. The van der Waals surface area contributed by atoms with Crippen molar-refractivity contribution in [3.05, 3.63) is 95.6 Å². The molecule has 0 saturated heterocycles. The Balaban J connectivity index is 1.53. The first-order valence-electron chi connectivity index (χ1n) is 9.47. The van der Waals surface area contributed by atoms with Crippen molar-refractivity contribution in [3.63, 3.8) is 0 Å². The molecule has 0 aliphatic rings. The molecular formula is C24H20N2O5. The van der Waals surface area contributed by atoms with Crippen molar-refractivity contribution in [2.24, 2.45) is 0 Å². The molecule has 0 fully saturated rings. The van der Waals surface area contributed by atoms with E-state index in [2.05, 4.69) is 10.6 Å². The lowest BCUT2D eigenvalue weighted by Crippen LogP contribution is -2.15. The number of hydrogen-bond donors (Lipinski definition) is 2. The largest absolute Gasteiger partial charge is 0.454 e. The number of amides is 2. The van der Waals surface area contributed by atoms with Crippen molar-refractivity contribution >= 4 is 34.9 Å². The molecule has 3 aromatic rings. The minimum Gasteiger partial charge on any atom is -0.454 e. The Morgan fingerprint density at radius 3 is 1.81 bits per heavy atom. The molecular weight excluding hydrogens is 396 g/mol. The Labute approximate surface area is 179 Å². The number of ketones is 1. The molecule has 156 valence electrons. The van der Waals surface area contributed by atoms with E-state index in [9.17, 15) is 19.2 Å². The highest BCUT2D eigenvalue weighted by atomic mass is 16.5. The first-order chi connectivity index (χ1) is 14.9. The highest BCUT2D eigenvalue weighted by Gasteiger charge is 2.13. The number of hydrogen-bond acceptors (Lipinski definition) is 5. The average Bonchev–Trinajstić information content (AvgIpc) is 2.78. The van der Waals surface area contributed by atoms with Crippen LogP contribution in [0.4, 0.5) is 11.4 Å².